The topological polar surface area (TPSA) is 125 Å². The Morgan fingerprint density at radius 3 is 2.64 bits per heavy atom. The average Bonchev–Trinajstić information content (AvgIpc) is 2.97. The minimum atomic E-state index is -0.547. The smallest absolute Gasteiger partial charge is 0.330 e. The number of amides is 1. The minimum Gasteiger partial charge on any atom is -0.411 e. The van der Waals surface area contributed by atoms with Gasteiger partial charge in [0.05, 0.1) is 5.52 Å². The molecule has 9 nitrogen and oxygen atoms in total. The number of oxime groups is 1. The maximum Gasteiger partial charge on any atom is 0.330 e. The first-order chi connectivity index (χ1) is 15.2. The largest absolute Gasteiger partial charge is 0.411 e. The van der Waals surface area contributed by atoms with Gasteiger partial charge in [-0.2, -0.15) is 0 Å². The van der Waals surface area contributed by atoms with Crippen molar-refractivity contribution in [3.8, 4) is 0 Å². The van der Waals surface area contributed by atoms with E-state index in [0.29, 0.717) is 18.6 Å². The van der Waals surface area contributed by atoms with Crippen LogP contribution >= 0.6 is 0 Å². The second-order valence-electron chi connectivity index (χ2n) is 11.1. The number of pyridine rings is 1. The van der Waals surface area contributed by atoms with E-state index in [1.807, 2.05) is 12.1 Å². The van der Waals surface area contributed by atoms with Gasteiger partial charge >= 0.3 is 5.69 Å². The highest BCUT2D eigenvalue weighted by atomic mass is 16.4. The van der Waals surface area contributed by atoms with Gasteiger partial charge in [0, 0.05) is 31.2 Å². The molecule has 33 heavy (non-hydrogen) atoms. The van der Waals surface area contributed by atoms with Gasteiger partial charge in [0.2, 0.25) is 0 Å². The molecule has 1 amide bonds. The summed E-state index contributed by atoms with van der Waals surface area (Å²) in [7, 11) is 1.75. The van der Waals surface area contributed by atoms with Gasteiger partial charge in [0.1, 0.15) is 11.4 Å². The average molecular weight is 457 g/mol. The summed E-state index contributed by atoms with van der Waals surface area (Å²) in [5, 5.41) is 22.7. The van der Waals surface area contributed by atoms with Crippen LogP contribution in [0.4, 0.5) is 0 Å². The molecule has 2 heterocycles. The van der Waals surface area contributed by atoms with Crippen molar-refractivity contribution in [1.82, 2.24) is 19.4 Å². The highest BCUT2D eigenvalue weighted by Crippen LogP contribution is 2.42. The van der Waals surface area contributed by atoms with Crippen LogP contribution in [-0.4, -0.2) is 42.7 Å². The summed E-state index contributed by atoms with van der Waals surface area (Å²) in [6.45, 7) is 12.6. The first-order valence-corrected chi connectivity index (χ1v) is 11.4. The second kappa shape index (κ2) is 8.76. The number of rotatable bonds is 5. The fraction of sp³-hybridized carbons (Fsp3) is 0.625. The van der Waals surface area contributed by atoms with Crippen molar-refractivity contribution in [3.63, 3.8) is 0 Å². The fourth-order valence-corrected chi connectivity index (χ4v) is 4.55. The molecule has 0 aliphatic heterocycles. The van der Waals surface area contributed by atoms with E-state index in [0.717, 1.165) is 24.1 Å². The molecule has 1 fully saturated rings. The number of hydrogen-bond acceptors (Lipinski definition) is 6. The molecule has 180 valence electrons. The Balaban J connectivity index is 1.89. The third-order valence-electron chi connectivity index (χ3n) is 6.70. The molecule has 0 radical (unpaired) electrons. The number of aryl methyl sites for hydroxylation is 1. The number of carbonyl (C=O) groups is 1. The molecule has 1 saturated carbocycles. The molecule has 0 bridgehead atoms. The standard InChI is InChI=1S/C24H36N6O3/c1-14(28-33)19(25)21(31)27-18-12-15(10-11-24(18,5)6)16-8-9-17-20(26-16)29(7)22(32)30(17)13-23(2,3)4/h8-9,15,18,25,33H,10-13H2,1-7H3,(H,27,31)/b25-19?,28-14-. The SMILES string of the molecule is C/C(=N/O)C(=N)C(=O)NC1CC(c2ccc3c(n2)n(C)c(=O)n3CC(C)(C)C)CCC1(C)C. The summed E-state index contributed by atoms with van der Waals surface area (Å²) in [5.74, 6) is -0.426. The summed E-state index contributed by atoms with van der Waals surface area (Å²) in [5.41, 5.74) is 1.78. The number of aromatic nitrogens is 3. The van der Waals surface area contributed by atoms with Gasteiger partial charge in [-0.15, -0.1) is 0 Å². The van der Waals surface area contributed by atoms with E-state index in [9.17, 15) is 9.59 Å². The third-order valence-corrected chi connectivity index (χ3v) is 6.70. The summed E-state index contributed by atoms with van der Waals surface area (Å²) < 4.78 is 3.39. The van der Waals surface area contributed by atoms with Crippen LogP contribution in [0.15, 0.2) is 22.1 Å². The molecular weight excluding hydrogens is 420 g/mol. The Morgan fingerprint density at radius 1 is 1.36 bits per heavy atom. The van der Waals surface area contributed by atoms with Crippen molar-refractivity contribution in [2.45, 2.75) is 79.3 Å². The maximum atomic E-state index is 12.8. The number of fused-ring (bicyclic) bond motifs is 1. The highest BCUT2D eigenvalue weighted by Gasteiger charge is 2.39. The summed E-state index contributed by atoms with van der Waals surface area (Å²) >= 11 is 0. The van der Waals surface area contributed by atoms with Crippen LogP contribution in [0, 0.1) is 16.2 Å². The van der Waals surface area contributed by atoms with Crippen LogP contribution in [-0.2, 0) is 18.4 Å². The molecule has 2 unspecified atom stereocenters. The van der Waals surface area contributed by atoms with Gasteiger partial charge in [-0.3, -0.25) is 19.3 Å². The Labute approximate surface area is 194 Å². The predicted molar refractivity (Wildman–Crippen MR) is 129 cm³/mol. The number of carbonyl (C=O) groups excluding carboxylic acids is 1. The van der Waals surface area contributed by atoms with Crippen LogP contribution < -0.4 is 11.0 Å². The van der Waals surface area contributed by atoms with Gasteiger partial charge < -0.3 is 10.5 Å². The molecule has 2 aromatic rings. The van der Waals surface area contributed by atoms with Crippen LogP contribution in [0.25, 0.3) is 11.2 Å². The number of hydrogen-bond donors (Lipinski definition) is 3. The predicted octanol–water partition coefficient (Wildman–Crippen LogP) is 3.43. The van der Waals surface area contributed by atoms with E-state index in [1.165, 1.54) is 6.92 Å². The van der Waals surface area contributed by atoms with Gasteiger partial charge in [-0.1, -0.05) is 39.8 Å². The van der Waals surface area contributed by atoms with E-state index in [-0.39, 0.29) is 39.9 Å². The molecule has 1 aliphatic rings. The summed E-state index contributed by atoms with van der Waals surface area (Å²) in [4.78, 5) is 30.3. The van der Waals surface area contributed by atoms with Crippen molar-refractivity contribution in [3.05, 3.63) is 28.3 Å². The first kappa shape index (κ1) is 24.7. The van der Waals surface area contributed by atoms with Gasteiger partial charge in [0.15, 0.2) is 5.65 Å². The zero-order valence-corrected chi connectivity index (χ0v) is 20.7. The Hall–Kier alpha value is -2.97. The molecule has 0 saturated heterocycles. The molecule has 2 atom stereocenters. The summed E-state index contributed by atoms with van der Waals surface area (Å²) in [6, 6.07) is 3.81. The Kier molecular flexibility index (Phi) is 6.55. The van der Waals surface area contributed by atoms with Crippen molar-refractivity contribution in [2.24, 2.45) is 23.0 Å². The quantitative estimate of drug-likeness (QED) is 0.362. The molecule has 0 spiro atoms. The second-order valence-corrected chi connectivity index (χ2v) is 11.1. The van der Waals surface area contributed by atoms with Crippen LogP contribution in [0.3, 0.4) is 0 Å². The molecule has 9 heteroatoms. The number of nitrogens with one attached hydrogen (secondary N) is 2. The lowest BCUT2D eigenvalue weighted by molar-refractivity contribution is -0.116. The van der Waals surface area contributed by atoms with Crippen LogP contribution in [0.5, 0.6) is 0 Å². The van der Waals surface area contributed by atoms with Crippen molar-refractivity contribution in [1.29, 1.82) is 5.41 Å². The van der Waals surface area contributed by atoms with Gasteiger partial charge in [-0.25, -0.2) is 9.78 Å². The van der Waals surface area contributed by atoms with Gasteiger partial charge in [0.25, 0.3) is 5.91 Å². The molecule has 1 aliphatic carbocycles. The lowest BCUT2D eigenvalue weighted by atomic mass is 9.68. The fourth-order valence-electron chi connectivity index (χ4n) is 4.55. The first-order valence-electron chi connectivity index (χ1n) is 11.4. The Bertz CT molecular complexity index is 1170. The summed E-state index contributed by atoms with van der Waals surface area (Å²) in [6.07, 6.45) is 2.48. The third kappa shape index (κ3) is 5.02. The molecule has 3 rings (SSSR count). The molecule has 2 aromatic heterocycles. The zero-order valence-electron chi connectivity index (χ0n) is 20.7. The Morgan fingerprint density at radius 2 is 2.03 bits per heavy atom. The lowest BCUT2D eigenvalue weighted by Crippen LogP contribution is -2.51. The van der Waals surface area contributed by atoms with E-state index < -0.39 is 5.91 Å². The zero-order chi connectivity index (χ0) is 24.7. The normalized spacial score (nSPS) is 21.2. The van der Waals surface area contributed by atoms with Crippen molar-refractivity contribution < 1.29 is 10.0 Å². The van der Waals surface area contributed by atoms with Crippen molar-refractivity contribution >= 4 is 28.5 Å². The molecular formula is C24H36N6O3. The van der Waals surface area contributed by atoms with Crippen LogP contribution in [0.1, 0.15) is 72.4 Å². The van der Waals surface area contributed by atoms with Gasteiger partial charge in [-0.05, 0) is 49.1 Å². The van der Waals surface area contributed by atoms with Crippen LogP contribution in [0.2, 0.25) is 0 Å². The van der Waals surface area contributed by atoms with E-state index >= 15 is 0 Å². The molecule has 3 N–H and O–H groups in total. The minimum absolute atomic E-state index is 0.0227. The van der Waals surface area contributed by atoms with Crippen molar-refractivity contribution in [2.75, 3.05) is 0 Å². The monoisotopic (exact) mass is 456 g/mol. The molecule has 0 aromatic carbocycles. The number of imidazole rings is 1. The number of nitrogens with zero attached hydrogens (tertiary/aromatic N) is 4. The van der Waals surface area contributed by atoms with E-state index in [4.69, 9.17) is 15.6 Å². The highest BCUT2D eigenvalue weighted by molar-refractivity contribution is 6.65. The lowest BCUT2D eigenvalue weighted by Gasteiger charge is -2.42. The maximum absolute atomic E-state index is 12.8. The van der Waals surface area contributed by atoms with E-state index in [2.05, 4.69) is 45.1 Å². The van der Waals surface area contributed by atoms with E-state index in [1.54, 1.807) is 16.2 Å².